The molecule has 12 heteroatoms. The second-order valence-corrected chi connectivity index (χ2v) is 12.7. The Morgan fingerprint density at radius 3 is 2.43 bits per heavy atom. The second-order valence-electron chi connectivity index (χ2n) is 11.4. The van der Waals surface area contributed by atoms with E-state index in [2.05, 4.69) is 0 Å². The minimum atomic E-state index is -0.764. The predicted molar refractivity (Wildman–Crippen MR) is 178 cm³/mol. The number of benzene rings is 3. The summed E-state index contributed by atoms with van der Waals surface area (Å²) < 4.78 is 68.6. The van der Waals surface area contributed by atoms with Gasteiger partial charge in [-0.1, -0.05) is 29.4 Å². The van der Waals surface area contributed by atoms with Gasteiger partial charge in [-0.2, -0.15) is 0 Å². The van der Waals surface area contributed by atoms with Crippen molar-refractivity contribution >= 4 is 23.4 Å². The van der Waals surface area contributed by atoms with Gasteiger partial charge in [0.2, 0.25) is 0 Å². The van der Waals surface area contributed by atoms with E-state index in [-0.39, 0.29) is 42.0 Å². The van der Waals surface area contributed by atoms with Crippen LogP contribution in [-0.2, 0) is 21.6 Å². The number of fused-ring (bicyclic) bond motifs is 1. The van der Waals surface area contributed by atoms with Crippen LogP contribution in [-0.4, -0.2) is 75.2 Å². The molecule has 1 aromatic heterocycles. The molecule has 0 saturated heterocycles. The number of ether oxygens (including phenoxy) is 4. The number of halogens is 4. The van der Waals surface area contributed by atoms with Gasteiger partial charge in [-0.15, -0.1) is 0 Å². The van der Waals surface area contributed by atoms with Crippen LogP contribution in [0, 0.1) is 17.5 Å². The van der Waals surface area contributed by atoms with E-state index in [9.17, 15) is 4.39 Å². The molecular weight excluding hydrogens is 651 g/mol. The standard InChI is InChI=1S/C35H39ClF3N3O4S/c1-41(2)15-16-44-17-18-45-19-20-46-31-14-13-29(38)27(33(31)39)22-47-35-40-30-6-4-5-26(23-7-12-28(36)32(21-23)43-3)34(30)42(35)25-10-8-24(37)9-11-25/h7-14,21,26H,4-6,15-20,22H2,1-3H3. The molecule has 0 N–H and O–H groups in total. The van der Waals surface area contributed by atoms with Crippen LogP contribution >= 0.6 is 23.4 Å². The average Bonchev–Trinajstić information content (AvgIpc) is 3.44. The number of methoxy groups -OCH3 is 1. The number of aromatic nitrogens is 2. The third-order valence-corrected chi connectivity index (χ3v) is 9.17. The molecule has 0 radical (unpaired) electrons. The molecule has 0 bridgehead atoms. The fraction of sp³-hybridized carbons (Fsp3) is 0.400. The van der Waals surface area contributed by atoms with Crippen LogP contribution in [0.3, 0.4) is 0 Å². The minimum Gasteiger partial charge on any atom is -0.495 e. The molecule has 0 saturated carbocycles. The lowest BCUT2D eigenvalue weighted by atomic mass is 9.84. The maximum Gasteiger partial charge on any atom is 0.173 e. The van der Waals surface area contributed by atoms with Gasteiger partial charge in [0.15, 0.2) is 16.7 Å². The lowest BCUT2D eigenvalue weighted by Crippen LogP contribution is -2.19. The molecule has 0 aliphatic heterocycles. The molecule has 1 heterocycles. The molecule has 0 fully saturated rings. The molecule has 1 unspecified atom stereocenters. The van der Waals surface area contributed by atoms with Crippen LogP contribution in [0.15, 0.2) is 59.8 Å². The van der Waals surface area contributed by atoms with Crippen molar-refractivity contribution in [3.05, 3.63) is 99.6 Å². The zero-order valence-electron chi connectivity index (χ0n) is 26.7. The van der Waals surface area contributed by atoms with Gasteiger partial charge >= 0.3 is 0 Å². The first kappa shape index (κ1) is 35.1. The summed E-state index contributed by atoms with van der Waals surface area (Å²) in [6.07, 6.45) is 2.50. The van der Waals surface area contributed by atoms with E-state index in [1.165, 1.54) is 36.0 Å². The average molecular weight is 690 g/mol. The molecule has 47 heavy (non-hydrogen) atoms. The number of thioether (sulfide) groups is 1. The summed E-state index contributed by atoms with van der Waals surface area (Å²) in [5.74, 6) is -1.37. The van der Waals surface area contributed by atoms with Crippen molar-refractivity contribution in [1.29, 1.82) is 0 Å². The van der Waals surface area contributed by atoms with E-state index in [1.54, 1.807) is 19.2 Å². The number of hydrogen-bond donors (Lipinski definition) is 0. The Morgan fingerprint density at radius 1 is 0.936 bits per heavy atom. The highest BCUT2D eigenvalue weighted by molar-refractivity contribution is 7.98. The number of likely N-dealkylation sites (N-methyl/N-ethyl adjacent to an activating group) is 1. The fourth-order valence-electron chi connectivity index (χ4n) is 5.50. The van der Waals surface area contributed by atoms with Crippen LogP contribution in [0.4, 0.5) is 13.2 Å². The summed E-state index contributed by atoms with van der Waals surface area (Å²) in [6.45, 7) is 2.61. The Balaban J connectivity index is 1.33. The minimum absolute atomic E-state index is 0.0355. The molecule has 3 aromatic carbocycles. The van der Waals surface area contributed by atoms with Crippen LogP contribution in [0.1, 0.15) is 41.3 Å². The molecule has 1 aliphatic carbocycles. The van der Waals surface area contributed by atoms with Crippen molar-refractivity contribution in [3.8, 4) is 17.2 Å². The molecule has 1 aliphatic rings. The van der Waals surface area contributed by atoms with Gasteiger partial charge in [0, 0.05) is 29.5 Å². The van der Waals surface area contributed by atoms with E-state index < -0.39 is 11.6 Å². The largest absolute Gasteiger partial charge is 0.495 e. The first-order valence-corrected chi connectivity index (χ1v) is 16.9. The Bertz CT molecular complexity index is 1640. The highest BCUT2D eigenvalue weighted by Crippen LogP contribution is 2.43. The molecular formula is C35H39ClF3N3O4S. The number of aryl methyl sites for hydroxylation is 1. The van der Waals surface area contributed by atoms with Crippen LogP contribution in [0.2, 0.25) is 5.02 Å². The predicted octanol–water partition coefficient (Wildman–Crippen LogP) is 7.69. The summed E-state index contributed by atoms with van der Waals surface area (Å²) in [6, 6.07) is 14.4. The molecule has 1 atom stereocenters. The Kier molecular flexibility index (Phi) is 12.5. The first-order chi connectivity index (χ1) is 22.8. The van der Waals surface area contributed by atoms with Gasteiger partial charge in [0.1, 0.15) is 24.0 Å². The van der Waals surface area contributed by atoms with E-state index in [0.29, 0.717) is 41.4 Å². The molecule has 0 spiro atoms. The van der Waals surface area contributed by atoms with E-state index in [0.717, 1.165) is 42.8 Å². The lowest BCUT2D eigenvalue weighted by molar-refractivity contribution is 0.0320. The summed E-state index contributed by atoms with van der Waals surface area (Å²) in [5.41, 5.74) is 3.44. The van der Waals surface area contributed by atoms with Gasteiger partial charge in [-0.3, -0.25) is 4.57 Å². The van der Waals surface area contributed by atoms with E-state index >= 15 is 8.78 Å². The molecule has 7 nitrogen and oxygen atoms in total. The number of imidazole rings is 1. The van der Waals surface area contributed by atoms with Crippen LogP contribution in [0.5, 0.6) is 11.5 Å². The Labute approximate surface area is 282 Å². The fourth-order valence-corrected chi connectivity index (χ4v) is 6.74. The van der Waals surface area contributed by atoms with Crippen LogP contribution in [0.25, 0.3) is 5.69 Å². The lowest BCUT2D eigenvalue weighted by Gasteiger charge is -2.26. The summed E-state index contributed by atoms with van der Waals surface area (Å²) in [5, 5.41) is 1.07. The summed E-state index contributed by atoms with van der Waals surface area (Å²) in [7, 11) is 5.52. The third-order valence-electron chi connectivity index (χ3n) is 7.89. The maximum absolute atomic E-state index is 15.6. The summed E-state index contributed by atoms with van der Waals surface area (Å²) in [4.78, 5) is 6.99. The van der Waals surface area contributed by atoms with Gasteiger partial charge in [-0.25, -0.2) is 18.2 Å². The maximum atomic E-state index is 15.6. The van der Waals surface area contributed by atoms with E-state index in [1.807, 2.05) is 41.8 Å². The molecule has 0 amide bonds. The van der Waals surface area contributed by atoms with Crippen molar-refractivity contribution in [2.24, 2.45) is 0 Å². The topological polar surface area (TPSA) is 58.0 Å². The number of nitrogens with zero attached hydrogens (tertiary/aromatic N) is 3. The summed E-state index contributed by atoms with van der Waals surface area (Å²) >= 11 is 7.54. The normalized spacial score (nSPS) is 14.4. The highest BCUT2D eigenvalue weighted by Gasteiger charge is 2.31. The van der Waals surface area contributed by atoms with Crippen LogP contribution < -0.4 is 9.47 Å². The smallest absolute Gasteiger partial charge is 0.173 e. The van der Waals surface area contributed by atoms with Crippen molar-refractivity contribution in [1.82, 2.24) is 14.5 Å². The Hall–Kier alpha value is -3.22. The van der Waals surface area contributed by atoms with Gasteiger partial charge in [-0.05, 0) is 87.5 Å². The van der Waals surface area contributed by atoms with Gasteiger partial charge in [0.05, 0.1) is 49.9 Å². The number of hydrogen-bond acceptors (Lipinski definition) is 7. The second kappa shape index (κ2) is 16.7. The van der Waals surface area contributed by atoms with Crippen molar-refractivity contribution < 1.29 is 32.1 Å². The van der Waals surface area contributed by atoms with Crippen molar-refractivity contribution in [2.75, 3.05) is 60.8 Å². The zero-order chi connectivity index (χ0) is 33.3. The molecule has 5 rings (SSSR count). The van der Waals surface area contributed by atoms with Crippen molar-refractivity contribution in [3.63, 3.8) is 0 Å². The first-order valence-electron chi connectivity index (χ1n) is 15.5. The number of rotatable bonds is 16. The highest BCUT2D eigenvalue weighted by atomic mass is 35.5. The monoisotopic (exact) mass is 689 g/mol. The van der Waals surface area contributed by atoms with Gasteiger partial charge < -0.3 is 23.8 Å². The third kappa shape index (κ3) is 8.83. The zero-order valence-corrected chi connectivity index (χ0v) is 28.3. The SMILES string of the molecule is COc1cc(C2CCCc3nc(SCc4c(F)ccc(OCCOCCOCCN(C)C)c4F)n(-c4ccc(F)cc4)c32)ccc1Cl. The Morgan fingerprint density at radius 2 is 1.68 bits per heavy atom. The van der Waals surface area contributed by atoms with Crippen molar-refractivity contribution in [2.45, 2.75) is 36.1 Å². The molecule has 4 aromatic rings. The molecule has 252 valence electrons. The van der Waals surface area contributed by atoms with E-state index in [4.69, 9.17) is 35.5 Å². The van der Waals surface area contributed by atoms with Gasteiger partial charge in [0.25, 0.3) is 0 Å². The quantitative estimate of drug-likeness (QED) is 0.0884.